The summed E-state index contributed by atoms with van der Waals surface area (Å²) in [6, 6.07) is 21.9. The third-order valence-corrected chi connectivity index (χ3v) is 4.90. The first-order valence-corrected chi connectivity index (χ1v) is 9.06. The maximum Gasteiger partial charge on any atom is 0.259 e. The van der Waals surface area contributed by atoms with E-state index in [1.165, 1.54) is 4.90 Å². The number of rotatable bonds is 3. The zero-order chi connectivity index (χ0) is 19.7. The van der Waals surface area contributed by atoms with Crippen molar-refractivity contribution in [3.05, 3.63) is 78.4 Å². The van der Waals surface area contributed by atoms with Crippen LogP contribution in [0.15, 0.2) is 72.8 Å². The van der Waals surface area contributed by atoms with Gasteiger partial charge in [0.25, 0.3) is 5.91 Å². The molecular weight excluding hydrogens is 352 g/mol. The van der Waals surface area contributed by atoms with Gasteiger partial charge in [0.15, 0.2) is 0 Å². The molecule has 1 aliphatic heterocycles. The summed E-state index contributed by atoms with van der Waals surface area (Å²) in [6.07, 6.45) is 0. The van der Waals surface area contributed by atoms with Crippen molar-refractivity contribution in [3.8, 4) is 16.9 Å². The van der Waals surface area contributed by atoms with Crippen molar-refractivity contribution in [1.82, 2.24) is 0 Å². The van der Waals surface area contributed by atoms with Crippen LogP contribution in [0.4, 0.5) is 11.4 Å². The molecule has 0 aromatic heterocycles. The number of carbonyl (C=O) groups excluding carboxylic acids is 2. The van der Waals surface area contributed by atoms with Crippen LogP contribution in [0, 0.1) is 0 Å². The van der Waals surface area contributed by atoms with Crippen LogP contribution in [0.25, 0.3) is 11.1 Å². The lowest BCUT2D eigenvalue weighted by Gasteiger charge is -2.34. The Balaban J connectivity index is 1.81. The van der Waals surface area contributed by atoms with E-state index in [1.807, 2.05) is 60.7 Å². The van der Waals surface area contributed by atoms with E-state index in [0.29, 0.717) is 22.7 Å². The summed E-state index contributed by atoms with van der Waals surface area (Å²) < 4.78 is 5.42. The number of carbonyl (C=O) groups is 2. The summed E-state index contributed by atoms with van der Waals surface area (Å²) in [6.45, 7) is 1.72. The molecule has 0 aliphatic carbocycles. The molecule has 0 saturated carbocycles. The second-order valence-corrected chi connectivity index (χ2v) is 6.67. The molecule has 0 radical (unpaired) electrons. The van der Waals surface area contributed by atoms with E-state index in [-0.39, 0.29) is 11.8 Å². The van der Waals surface area contributed by atoms with Gasteiger partial charge in [-0.2, -0.15) is 0 Å². The molecule has 1 heterocycles. The standard InChI is InChI=1S/C23H20N2O3/c1-15-22(26)24-20-10-6-7-11-21(20)25(15)23(27)18-12-17(13-19(14-18)28-2)16-8-4-3-5-9-16/h3-15H,1-2H3,(H,24,26). The first-order chi connectivity index (χ1) is 13.6. The first-order valence-electron chi connectivity index (χ1n) is 9.06. The van der Waals surface area contributed by atoms with Crippen molar-refractivity contribution in [1.29, 1.82) is 0 Å². The molecule has 1 atom stereocenters. The van der Waals surface area contributed by atoms with Gasteiger partial charge in [-0.15, -0.1) is 0 Å². The number of fused-ring (bicyclic) bond motifs is 1. The van der Waals surface area contributed by atoms with Crippen LogP contribution in [-0.2, 0) is 4.79 Å². The van der Waals surface area contributed by atoms with Gasteiger partial charge in [0.05, 0.1) is 18.5 Å². The zero-order valence-corrected chi connectivity index (χ0v) is 15.7. The van der Waals surface area contributed by atoms with Crippen LogP contribution in [0.1, 0.15) is 17.3 Å². The number of hydrogen-bond donors (Lipinski definition) is 1. The normalized spacial score (nSPS) is 15.6. The van der Waals surface area contributed by atoms with E-state index in [1.54, 1.807) is 26.2 Å². The molecule has 0 spiro atoms. The second kappa shape index (κ2) is 7.19. The molecule has 1 N–H and O–H groups in total. The maximum atomic E-state index is 13.5. The SMILES string of the molecule is COc1cc(C(=O)N2c3ccccc3NC(=O)C2C)cc(-c2ccccc2)c1. The number of benzene rings is 3. The van der Waals surface area contributed by atoms with Crippen LogP contribution in [0.2, 0.25) is 0 Å². The molecule has 3 aromatic carbocycles. The molecule has 0 bridgehead atoms. The third-order valence-electron chi connectivity index (χ3n) is 4.90. The quantitative estimate of drug-likeness (QED) is 0.744. The number of anilines is 2. The Morgan fingerprint density at radius 1 is 0.964 bits per heavy atom. The molecule has 140 valence electrons. The Morgan fingerprint density at radius 3 is 2.43 bits per heavy atom. The smallest absolute Gasteiger partial charge is 0.259 e. The monoisotopic (exact) mass is 372 g/mol. The summed E-state index contributed by atoms with van der Waals surface area (Å²) in [5.74, 6) is 0.135. The Morgan fingerprint density at radius 2 is 1.68 bits per heavy atom. The highest BCUT2D eigenvalue weighted by molar-refractivity contribution is 6.16. The second-order valence-electron chi connectivity index (χ2n) is 6.67. The summed E-state index contributed by atoms with van der Waals surface area (Å²) >= 11 is 0. The highest BCUT2D eigenvalue weighted by Crippen LogP contribution is 2.34. The molecule has 1 aliphatic rings. The lowest BCUT2D eigenvalue weighted by molar-refractivity contribution is -0.117. The summed E-state index contributed by atoms with van der Waals surface area (Å²) in [5.41, 5.74) is 3.65. The Bertz CT molecular complexity index is 1050. The van der Waals surface area contributed by atoms with Gasteiger partial charge in [-0.25, -0.2) is 0 Å². The molecule has 28 heavy (non-hydrogen) atoms. The molecule has 1 unspecified atom stereocenters. The van der Waals surface area contributed by atoms with Crippen LogP contribution in [-0.4, -0.2) is 25.0 Å². The van der Waals surface area contributed by atoms with Gasteiger partial charge in [-0.3, -0.25) is 14.5 Å². The van der Waals surface area contributed by atoms with Gasteiger partial charge in [0.1, 0.15) is 11.8 Å². The summed E-state index contributed by atoms with van der Waals surface area (Å²) in [4.78, 5) is 27.4. The molecule has 5 heteroatoms. The van der Waals surface area contributed by atoms with Crippen LogP contribution >= 0.6 is 0 Å². The average molecular weight is 372 g/mol. The number of ether oxygens (including phenoxy) is 1. The molecule has 4 rings (SSSR count). The predicted octanol–water partition coefficient (Wildman–Crippen LogP) is 4.35. The minimum atomic E-state index is -0.617. The van der Waals surface area contributed by atoms with Crippen LogP contribution < -0.4 is 15.0 Å². The number of nitrogens with one attached hydrogen (secondary N) is 1. The number of para-hydroxylation sites is 2. The highest BCUT2D eigenvalue weighted by Gasteiger charge is 2.34. The van der Waals surface area contributed by atoms with Gasteiger partial charge >= 0.3 is 0 Å². The van der Waals surface area contributed by atoms with Gasteiger partial charge < -0.3 is 10.1 Å². The summed E-state index contributed by atoms with van der Waals surface area (Å²) in [5, 5.41) is 2.85. The Kier molecular flexibility index (Phi) is 4.57. The molecule has 5 nitrogen and oxygen atoms in total. The van der Waals surface area contributed by atoms with Crippen molar-refractivity contribution >= 4 is 23.2 Å². The highest BCUT2D eigenvalue weighted by atomic mass is 16.5. The predicted molar refractivity (Wildman–Crippen MR) is 110 cm³/mol. The fourth-order valence-corrected chi connectivity index (χ4v) is 3.41. The molecule has 3 aromatic rings. The maximum absolute atomic E-state index is 13.5. The van der Waals surface area contributed by atoms with Crippen molar-refractivity contribution in [2.75, 3.05) is 17.3 Å². The van der Waals surface area contributed by atoms with Crippen LogP contribution in [0.5, 0.6) is 5.75 Å². The minimum absolute atomic E-state index is 0.210. The average Bonchev–Trinajstić information content (AvgIpc) is 2.74. The van der Waals surface area contributed by atoms with Crippen LogP contribution in [0.3, 0.4) is 0 Å². The topological polar surface area (TPSA) is 58.6 Å². The van der Waals surface area contributed by atoms with Gasteiger partial charge in [-0.05, 0) is 48.4 Å². The largest absolute Gasteiger partial charge is 0.497 e. The van der Waals surface area contributed by atoms with Crippen molar-refractivity contribution < 1.29 is 14.3 Å². The Labute approximate surface area is 163 Å². The molecule has 0 fully saturated rings. The number of methoxy groups -OCH3 is 1. The van der Waals surface area contributed by atoms with Crippen molar-refractivity contribution in [2.24, 2.45) is 0 Å². The molecular formula is C23H20N2O3. The van der Waals surface area contributed by atoms with Gasteiger partial charge in [-0.1, -0.05) is 42.5 Å². The lowest BCUT2D eigenvalue weighted by Crippen LogP contribution is -2.49. The van der Waals surface area contributed by atoms with E-state index in [4.69, 9.17) is 4.74 Å². The Hall–Kier alpha value is -3.60. The molecule has 2 amide bonds. The fourth-order valence-electron chi connectivity index (χ4n) is 3.41. The van der Waals surface area contributed by atoms with E-state index in [2.05, 4.69) is 5.32 Å². The number of nitrogens with zero attached hydrogens (tertiary/aromatic N) is 1. The lowest BCUT2D eigenvalue weighted by atomic mass is 10.0. The minimum Gasteiger partial charge on any atom is -0.497 e. The van der Waals surface area contributed by atoms with Gasteiger partial charge in [0.2, 0.25) is 5.91 Å². The fraction of sp³-hybridized carbons (Fsp3) is 0.130. The first kappa shape index (κ1) is 17.8. The number of hydrogen-bond acceptors (Lipinski definition) is 3. The van der Waals surface area contributed by atoms with Crippen molar-refractivity contribution in [2.45, 2.75) is 13.0 Å². The van der Waals surface area contributed by atoms with E-state index in [0.717, 1.165) is 11.1 Å². The zero-order valence-electron chi connectivity index (χ0n) is 15.7. The molecule has 0 saturated heterocycles. The number of amides is 2. The van der Waals surface area contributed by atoms with Gasteiger partial charge in [0, 0.05) is 5.56 Å². The van der Waals surface area contributed by atoms with E-state index in [9.17, 15) is 9.59 Å². The van der Waals surface area contributed by atoms with E-state index >= 15 is 0 Å². The van der Waals surface area contributed by atoms with Crippen molar-refractivity contribution in [3.63, 3.8) is 0 Å². The van der Waals surface area contributed by atoms with E-state index < -0.39 is 6.04 Å². The summed E-state index contributed by atoms with van der Waals surface area (Å²) in [7, 11) is 1.57. The third kappa shape index (κ3) is 3.11.